The van der Waals surface area contributed by atoms with Gasteiger partial charge in [-0.3, -0.25) is 9.78 Å². The van der Waals surface area contributed by atoms with Crippen molar-refractivity contribution in [2.45, 2.75) is 6.42 Å². The number of carbonyl (C=O) groups is 1. The second-order valence-corrected chi connectivity index (χ2v) is 3.83. The van der Waals surface area contributed by atoms with Gasteiger partial charge in [-0.05, 0) is 17.7 Å². The lowest BCUT2D eigenvalue weighted by molar-refractivity contribution is 0.0988. The highest BCUT2D eigenvalue weighted by molar-refractivity contribution is 6.31. The normalized spacial score (nSPS) is 10.2. The molecule has 0 aliphatic rings. The molecule has 3 nitrogen and oxygen atoms in total. The number of hydrogen-bond donors (Lipinski definition) is 0. The van der Waals surface area contributed by atoms with E-state index in [-0.39, 0.29) is 22.9 Å². The fourth-order valence-electron chi connectivity index (χ4n) is 1.37. The van der Waals surface area contributed by atoms with E-state index in [9.17, 15) is 9.18 Å². The molecular formula is C12H8ClFN2O. The second-order valence-electron chi connectivity index (χ2n) is 3.43. The zero-order valence-electron chi connectivity index (χ0n) is 8.73. The van der Waals surface area contributed by atoms with Crippen LogP contribution in [-0.4, -0.2) is 15.8 Å². The first kappa shape index (κ1) is 11.7. The van der Waals surface area contributed by atoms with Gasteiger partial charge in [-0.2, -0.15) is 0 Å². The highest BCUT2D eigenvalue weighted by atomic mass is 35.5. The lowest BCUT2D eigenvalue weighted by Crippen LogP contribution is -2.06. The molecule has 0 fully saturated rings. The SMILES string of the molecule is O=C(Cc1ccc(F)cc1Cl)c1cnccn1. The molecule has 1 aromatic heterocycles. The number of nitrogens with zero attached hydrogens (tertiary/aromatic N) is 2. The molecule has 0 aliphatic heterocycles. The first-order valence-electron chi connectivity index (χ1n) is 4.90. The molecule has 86 valence electrons. The van der Waals surface area contributed by atoms with E-state index in [0.29, 0.717) is 5.56 Å². The predicted molar refractivity (Wildman–Crippen MR) is 61.5 cm³/mol. The Morgan fingerprint density at radius 2 is 2.18 bits per heavy atom. The van der Waals surface area contributed by atoms with Crippen LogP contribution >= 0.6 is 11.6 Å². The molecule has 5 heteroatoms. The number of Topliss-reactive ketones (excluding diaryl/α,β-unsaturated/α-hetero) is 1. The highest BCUT2D eigenvalue weighted by Gasteiger charge is 2.11. The molecule has 1 heterocycles. The summed E-state index contributed by atoms with van der Waals surface area (Å²) in [5.41, 5.74) is 0.844. The molecule has 0 amide bonds. The summed E-state index contributed by atoms with van der Waals surface area (Å²) >= 11 is 5.83. The summed E-state index contributed by atoms with van der Waals surface area (Å²) in [6.07, 6.45) is 4.40. The van der Waals surface area contributed by atoms with E-state index in [2.05, 4.69) is 9.97 Å². The largest absolute Gasteiger partial charge is 0.292 e. The molecule has 17 heavy (non-hydrogen) atoms. The number of ketones is 1. The first-order valence-corrected chi connectivity index (χ1v) is 5.28. The zero-order chi connectivity index (χ0) is 12.3. The van der Waals surface area contributed by atoms with Crippen LogP contribution in [0.4, 0.5) is 4.39 Å². The molecule has 0 saturated heterocycles. The fraction of sp³-hybridized carbons (Fsp3) is 0.0833. The maximum absolute atomic E-state index is 12.8. The Morgan fingerprint density at radius 1 is 1.35 bits per heavy atom. The molecule has 0 atom stereocenters. The van der Waals surface area contributed by atoms with E-state index in [1.165, 1.54) is 36.8 Å². The smallest absolute Gasteiger partial charge is 0.187 e. The summed E-state index contributed by atoms with van der Waals surface area (Å²) in [6.45, 7) is 0. The van der Waals surface area contributed by atoms with E-state index in [1.807, 2.05) is 0 Å². The maximum Gasteiger partial charge on any atom is 0.187 e. The molecule has 0 unspecified atom stereocenters. The number of carbonyl (C=O) groups excluding carboxylic acids is 1. The Hall–Kier alpha value is -1.81. The molecule has 0 bridgehead atoms. The van der Waals surface area contributed by atoms with E-state index < -0.39 is 5.82 Å². The Morgan fingerprint density at radius 3 is 2.82 bits per heavy atom. The number of aromatic nitrogens is 2. The molecule has 2 aromatic rings. The number of halogens is 2. The Balaban J connectivity index is 2.19. The van der Waals surface area contributed by atoms with Crippen molar-refractivity contribution in [1.82, 2.24) is 9.97 Å². The van der Waals surface area contributed by atoms with Gasteiger partial charge in [0.05, 0.1) is 6.20 Å². The highest BCUT2D eigenvalue weighted by Crippen LogP contribution is 2.18. The summed E-state index contributed by atoms with van der Waals surface area (Å²) in [6, 6.07) is 3.94. The van der Waals surface area contributed by atoms with Crippen LogP contribution in [0.5, 0.6) is 0 Å². The van der Waals surface area contributed by atoms with Crippen LogP contribution in [0.25, 0.3) is 0 Å². The molecule has 2 rings (SSSR count). The maximum atomic E-state index is 12.8. The Kier molecular flexibility index (Phi) is 3.44. The summed E-state index contributed by atoms with van der Waals surface area (Å²) in [4.78, 5) is 19.5. The van der Waals surface area contributed by atoms with Crippen LogP contribution in [0.1, 0.15) is 16.1 Å². The van der Waals surface area contributed by atoms with Gasteiger partial charge < -0.3 is 0 Å². The standard InChI is InChI=1S/C12H8ClFN2O/c13-10-6-9(14)2-1-8(10)5-12(17)11-7-15-3-4-16-11/h1-4,6-7H,5H2. The van der Waals surface area contributed by atoms with Crippen molar-refractivity contribution >= 4 is 17.4 Å². The fourth-order valence-corrected chi connectivity index (χ4v) is 1.61. The third-order valence-corrected chi connectivity index (χ3v) is 2.57. The summed E-state index contributed by atoms with van der Waals surface area (Å²) < 4.78 is 12.8. The van der Waals surface area contributed by atoms with Crippen molar-refractivity contribution in [2.75, 3.05) is 0 Å². The van der Waals surface area contributed by atoms with Gasteiger partial charge in [0.25, 0.3) is 0 Å². The summed E-state index contributed by atoms with van der Waals surface area (Å²) in [7, 11) is 0. The van der Waals surface area contributed by atoms with Gasteiger partial charge in [0, 0.05) is 23.8 Å². The Bertz CT molecular complexity index is 545. The monoisotopic (exact) mass is 250 g/mol. The minimum atomic E-state index is -0.425. The van der Waals surface area contributed by atoms with Crippen molar-refractivity contribution in [1.29, 1.82) is 0 Å². The summed E-state index contributed by atoms with van der Waals surface area (Å²) in [5, 5.41) is 0.238. The molecule has 1 aromatic carbocycles. The third-order valence-electron chi connectivity index (χ3n) is 2.21. The average molecular weight is 251 g/mol. The van der Waals surface area contributed by atoms with Crippen LogP contribution in [-0.2, 0) is 6.42 Å². The topological polar surface area (TPSA) is 42.9 Å². The molecule has 0 saturated carbocycles. The van der Waals surface area contributed by atoms with Crippen LogP contribution in [0, 0.1) is 5.82 Å². The quantitative estimate of drug-likeness (QED) is 0.787. The molecule has 0 spiro atoms. The first-order chi connectivity index (χ1) is 8.16. The number of benzene rings is 1. The molecule has 0 N–H and O–H groups in total. The second kappa shape index (κ2) is 5.01. The molecule has 0 radical (unpaired) electrons. The minimum absolute atomic E-state index is 0.0812. The van der Waals surface area contributed by atoms with Gasteiger partial charge in [-0.25, -0.2) is 9.37 Å². The van der Waals surface area contributed by atoms with Crippen molar-refractivity contribution < 1.29 is 9.18 Å². The van der Waals surface area contributed by atoms with Gasteiger partial charge in [-0.1, -0.05) is 17.7 Å². The zero-order valence-corrected chi connectivity index (χ0v) is 9.49. The van der Waals surface area contributed by atoms with E-state index in [0.717, 1.165) is 0 Å². The lowest BCUT2D eigenvalue weighted by atomic mass is 10.1. The van der Waals surface area contributed by atoms with Gasteiger partial charge in [0.15, 0.2) is 5.78 Å². The van der Waals surface area contributed by atoms with E-state index >= 15 is 0 Å². The van der Waals surface area contributed by atoms with Gasteiger partial charge in [-0.15, -0.1) is 0 Å². The van der Waals surface area contributed by atoms with Crippen LogP contribution in [0.2, 0.25) is 5.02 Å². The third kappa shape index (κ3) is 2.85. The number of rotatable bonds is 3. The minimum Gasteiger partial charge on any atom is -0.292 e. The lowest BCUT2D eigenvalue weighted by Gasteiger charge is -2.03. The molecule has 0 aliphatic carbocycles. The van der Waals surface area contributed by atoms with Crippen molar-refractivity contribution in [3.05, 3.63) is 58.9 Å². The van der Waals surface area contributed by atoms with Crippen molar-refractivity contribution in [3.63, 3.8) is 0 Å². The van der Waals surface area contributed by atoms with Gasteiger partial charge in [0.2, 0.25) is 0 Å². The van der Waals surface area contributed by atoms with Crippen LogP contribution in [0.3, 0.4) is 0 Å². The van der Waals surface area contributed by atoms with Crippen molar-refractivity contribution in [3.8, 4) is 0 Å². The predicted octanol–water partition coefficient (Wildman–Crippen LogP) is 2.69. The van der Waals surface area contributed by atoms with Crippen LogP contribution < -0.4 is 0 Å². The Labute approximate surface area is 102 Å². The molecular weight excluding hydrogens is 243 g/mol. The van der Waals surface area contributed by atoms with E-state index in [4.69, 9.17) is 11.6 Å². The average Bonchev–Trinajstić information content (AvgIpc) is 2.34. The van der Waals surface area contributed by atoms with Gasteiger partial charge >= 0.3 is 0 Å². The van der Waals surface area contributed by atoms with Crippen molar-refractivity contribution in [2.24, 2.45) is 0 Å². The van der Waals surface area contributed by atoms with Crippen LogP contribution in [0.15, 0.2) is 36.8 Å². The van der Waals surface area contributed by atoms with Gasteiger partial charge in [0.1, 0.15) is 11.5 Å². The number of hydrogen-bond acceptors (Lipinski definition) is 3. The summed E-state index contributed by atoms with van der Waals surface area (Å²) in [5.74, 6) is -0.627. The van der Waals surface area contributed by atoms with E-state index in [1.54, 1.807) is 0 Å².